The Morgan fingerprint density at radius 2 is 2.18 bits per heavy atom. The average Bonchev–Trinajstić information content (AvgIpc) is 1.96. The lowest BCUT2D eigenvalue weighted by atomic mass is 10.2. The van der Waals surface area contributed by atoms with Crippen molar-refractivity contribution in [3.63, 3.8) is 0 Å². The van der Waals surface area contributed by atoms with Crippen LogP contribution in [0.15, 0.2) is 16.6 Å². The molecular weight excluding hydrogens is 227 g/mol. The molecule has 0 aliphatic rings. The van der Waals surface area contributed by atoms with Crippen LogP contribution in [0.5, 0.6) is 5.75 Å². The summed E-state index contributed by atoms with van der Waals surface area (Å²) >= 11 is 8.77. The maximum atomic E-state index is 9.27. The summed E-state index contributed by atoms with van der Waals surface area (Å²) in [5, 5.41) is 9.78. The predicted octanol–water partition coefficient (Wildman–Crippen LogP) is 2.79. The second-order valence-electron chi connectivity index (χ2n) is 1.93. The number of phenols is 1. The van der Waals surface area contributed by atoms with Crippen molar-refractivity contribution in [2.45, 2.75) is 0 Å². The molecule has 1 N–H and O–H groups in total. The molecule has 1 nitrogen and oxygen atoms in total. The van der Waals surface area contributed by atoms with Gasteiger partial charge < -0.3 is 5.11 Å². The van der Waals surface area contributed by atoms with Crippen molar-refractivity contribution in [2.24, 2.45) is 0 Å². The number of phenolic OH excluding ortho intramolecular Hbond substituents is 1. The molecule has 0 aliphatic heterocycles. The first kappa shape index (κ1) is 8.45. The summed E-state index contributed by atoms with van der Waals surface area (Å²) in [4.78, 5) is 0. The third-order valence-electron chi connectivity index (χ3n) is 1.18. The number of benzene rings is 1. The van der Waals surface area contributed by atoms with Gasteiger partial charge in [0, 0.05) is 5.02 Å². The molecule has 56 valence electrons. The highest BCUT2D eigenvalue weighted by atomic mass is 79.9. The van der Waals surface area contributed by atoms with Crippen molar-refractivity contribution in [3.05, 3.63) is 27.2 Å². The van der Waals surface area contributed by atoms with Crippen LogP contribution < -0.4 is 0 Å². The maximum absolute atomic E-state index is 9.27. The lowest BCUT2D eigenvalue weighted by molar-refractivity contribution is 0.470. The van der Waals surface area contributed by atoms with Crippen molar-refractivity contribution in [1.29, 1.82) is 0 Å². The van der Waals surface area contributed by atoms with Crippen molar-refractivity contribution >= 4 is 27.5 Å². The highest BCUT2D eigenvalue weighted by molar-refractivity contribution is 9.10. The standard InChI is InChI=1S/C8H4BrClO/c1-2-5-3-6(10)4-7(9)8(5)11/h1,3-4,11H. The van der Waals surface area contributed by atoms with Crippen molar-refractivity contribution in [2.75, 3.05) is 0 Å². The fourth-order valence-electron chi connectivity index (χ4n) is 0.676. The minimum atomic E-state index is 0.0527. The first-order valence-electron chi connectivity index (χ1n) is 2.79. The topological polar surface area (TPSA) is 20.2 Å². The smallest absolute Gasteiger partial charge is 0.145 e. The molecule has 1 aromatic carbocycles. The van der Waals surface area contributed by atoms with Crippen molar-refractivity contribution in [3.8, 4) is 18.1 Å². The van der Waals surface area contributed by atoms with E-state index in [1.54, 1.807) is 6.07 Å². The van der Waals surface area contributed by atoms with Gasteiger partial charge in [-0.15, -0.1) is 6.42 Å². The number of hydrogen-bond acceptors (Lipinski definition) is 1. The zero-order chi connectivity index (χ0) is 8.43. The van der Waals surface area contributed by atoms with E-state index in [1.165, 1.54) is 6.07 Å². The van der Waals surface area contributed by atoms with Gasteiger partial charge in [0.2, 0.25) is 0 Å². The number of hydrogen-bond donors (Lipinski definition) is 1. The fraction of sp³-hybridized carbons (Fsp3) is 0. The largest absolute Gasteiger partial charge is 0.505 e. The average molecular weight is 231 g/mol. The molecule has 0 bridgehead atoms. The maximum Gasteiger partial charge on any atom is 0.145 e. The molecule has 0 heterocycles. The number of terminal acetylenes is 1. The van der Waals surface area contributed by atoms with Gasteiger partial charge in [-0.25, -0.2) is 0 Å². The molecule has 0 spiro atoms. The Bertz CT molecular complexity index is 328. The van der Waals surface area contributed by atoms with E-state index in [4.69, 9.17) is 18.0 Å². The number of aromatic hydroxyl groups is 1. The van der Waals surface area contributed by atoms with Crippen LogP contribution >= 0.6 is 27.5 Å². The quantitative estimate of drug-likeness (QED) is 0.681. The summed E-state index contributed by atoms with van der Waals surface area (Å²) in [7, 11) is 0. The van der Waals surface area contributed by atoms with Crippen LogP contribution in [0.25, 0.3) is 0 Å². The lowest BCUT2D eigenvalue weighted by Gasteiger charge is -1.99. The lowest BCUT2D eigenvalue weighted by Crippen LogP contribution is -1.77. The molecule has 0 saturated carbocycles. The summed E-state index contributed by atoms with van der Waals surface area (Å²) in [5.41, 5.74) is 0.393. The molecule has 1 rings (SSSR count). The Morgan fingerprint density at radius 1 is 1.55 bits per heavy atom. The second-order valence-corrected chi connectivity index (χ2v) is 3.22. The van der Waals surface area contributed by atoms with Gasteiger partial charge in [0.25, 0.3) is 0 Å². The third-order valence-corrected chi connectivity index (χ3v) is 2.01. The summed E-state index contributed by atoms with van der Waals surface area (Å²) in [6.07, 6.45) is 5.10. The van der Waals surface area contributed by atoms with Crippen molar-refractivity contribution in [1.82, 2.24) is 0 Å². The van der Waals surface area contributed by atoms with Crippen LogP contribution in [-0.4, -0.2) is 5.11 Å². The Labute approximate surface area is 78.1 Å². The molecule has 0 fully saturated rings. The van der Waals surface area contributed by atoms with E-state index in [0.29, 0.717) is 15.1 Å². The normalized spacial score (nSPS) is 9.18. The van der Waals surface area contributed by atoms with E-state index in [2.05, 4.69) is 21.9 Å². The van der Waals surface area contributed by atoms with Gasteiger partial charge >= 0.3 is 0 Å². The molecule has 0 aromatic heterocycles. The molecule has 0 radical (unpaired) electrons. The third kappa shape index (κ3) is 1.68. The van der Waals surface area contributed by atoms with Crippen LogP contribution in [0.4, 0.5) is 0 Å². The number of rotatable bonds is 0. The van der Waals surface area contributed by atoms with Gasteiger partial charge in [-0.2, -0.15) is 0 Å². The Morgan fingerprint density at radius 3 is 2.73 bits per heavy atom. The zero-order valence-electron chi connectivity index (χ0n) is 5.44. The monoisotopic (exact) mass is 230 g/mol. The molecule has 3 heteroatoms. The molecule has 0 saturated heterocycles. The second kappa shape index (κ2) is 3.17. The summed E-state index contributed by atoms with van der Waals surface area (Å²) in [6.45, 7) is 0. The minimum Gasteiger partial charge on any atom is -0.505 e. The van der Waals surface area contributed by atoms with Gasteiger partial charge in [0.15, 0.2) is 0 Å². The Hall–Kier alpha value is -0.650. The fourth-order valence-corrected chi connectivity index (χ4v) is 1.49. The van der Waals surface area contributed by atoms with Gasteiger partial charge in [-0.1, -0.05) is 17.5 Å². The van der Waals surface area contributed by atoms with E-state index in [9.17, 15) is 5.11 Å². The first-order valence-corrected chi connectivity index (χ1v) is 3.97. The van der Waals surface area contributed by atoms with Gasteiger partial charge in [-0.05, 0) is 28.1 Å². The van der Waals surface area contributed by atoms with Crippen LogP contribution in [0, 0.1) is 12.3 Å². The molecule has 0 unspecified atom stereocenters. The van der Waals surface area contributed by atoms with E-state index in [0.717, 1.165) is 0 Å². The van der Waals surface area contributed by atoms with Crippen LogP contribution in [-0.2, 0) is 0 Å². The van der Waals surface area contributed by atoms with E-state index in [-0.39, 0.29) is 5.75 Å². The molecule has 0 amide bonds. The highest BCUT2D eigenvalue weighted by Gasteiger charge is 2.03. The highest BCUT2D eigenvalue weighted by Crippen LogP contribution is 2.30. The summed E-state index contributed by atoms with van der Waals surface area (Å²) in [5.74, 6) is 2.37. The van der Waals surface area contributed by atoms with Gasteiger partial charge in [0.05, 0.1) is 10.0 Å². The van der Waals surface area contributed by atoms with E-state index >= 15 is 0 Å². The summed E-state index contributed by atoms with van der Waals surface area (Å²) < 4.78 is 0.512. The molecule has 0 aliphatic carbocycles. The summed E-state index contributed by atoms with van der Waals surface area (Å²) in [6, 6.07) is 3.11. The molecule has 0 atom stereocenters. The van der Waals surface area contributed by atoms with Crippen LogP contribution in [0.3, 0.4) is 0 Å². The number of halogens is 2. The SMILES string of the molecule is C#Cc1cc(Cl)cc(Br)c1O. The van der Waals surface area contributed by atoms with Crippen LogP contribution in [0.2, 0.25) is 5.02 Å². The van der Waals surface area contributed by atoms with Gasteiger partial charge in [0.1, 0.15) is 5.75 Å². The first-order chi connectivity index (χ1) is 5.15. The molecule has 1 aromatic rings. The van der Waals surface area contributed by atoms with Crippen molar-refractivity contribution < 1.29 is 5.11 Å². The van der Waals surface area contributed by atoms with Crippen LogP contribution in [0.1, 0.15) is 5.56 Å². The zero-order valence-corrected chi connectivity index (χ0v) is 7.78. The van der Waals surface area contributed by atoms with E-state index in [1.807, 2.05) is 0 Å². The van der Waals surface area contributed by atoms with Gasteiger partial charge in [-0.3, -0.25) is 0 Å². The molecular formula is C8H4BrClO. The molecule has 11 heavy (non-hydrogen) atoms. The predicted molar refractivity (Wildman–Crippen MR) is 48.8 cm³/mol. The Kier molecular flexibility index (Phi) is 2.43. The Balaban J connectivity index is 3.39. The van der Waals surface area contributed by atoms with E-state index < -0.39 is 0 Å². The minimum absolute atomic E-state index is 0.0527.